The average Bonchev–Trinajstić information content (AvgIpc) is 2.59. The third kappa shape index (κ3) is 5.64. The van der Waals surface area contributed by atoms with Gasteiger partial charge in [0.25, 0.3) is 5.69 Å². The predicted octanol–water partition coefficient (Wildman–Crippen LogP) is 3.31. The van der Waals surface area contributed by atoms with Gasteiger partial charge in [0.2, 0.25) is 10.0 Å². The second-order valence-corrected chi connectivity index (χ2v) is 7.76. The first-order valence-corrected chi connectivity index (χ1v) is 9.78. The van der Waals surface area contributed by atoms with Crippen molar-refractivity contribution >= 4 is 44.9 Å². The number of esters is 1. The molecule has 0 fully saturated rings. The lowest BCUT2D eigenvalue weighted by Crippen LogP contribution is -2.27. The summed E-state index contributed by atoms with van der Waals surface area (Å²) >= 11 is 11.7. The molecule has 2 aromatic rings. The average molecular weight is 433 g/mol. The van der Waals surface area contributed by atoms with E-state index in [0.717, 1.165) is 0 Å². The molecule has 0 aliphatic carbocycles. The summed E-state index contributed by atoms with van der Waals surface area (Å²) in [6, 6.07) is 10.1. The Morgan fingerprint density at radius 2 is 1.74 bits per heavy atom. The molecule has 144 valence electrons. The fraction of sp³-hybridized carbons (Fsp3) is 0.188. The van der Waals surface area contributed by atoms with E-state index in [1.165, 1.54) is 36.4 Å². The van der Waals surface area contributed by atoms with E-state index >= 15 is 0 Å². The van der Waals surface area contributed by atoms with Gasteiger partial charge in [-0.1, -0.05) is 41.4 Å². The third-order valence-corrected chi connectivity index (χ3v) is 5.80. The largest absolute Gasteiger partial charge is 0.460 e. The zero-order valence-corrected chi connectivity index (χ0v) is 16.1. The van der Waals surface area contributed by atoms with Crippen molar-refractivity contribution in [2.24, 2.45) is 0 Å². The van der Waals surface area contributed by atoms with Gasteiger partial charge in [0.1, 0.15) is 11.5 Å². The Kier molecular flexibility index (Phi) is 7.14. The normalized spacial score (nSPS) is 11.2. The Morgan fingerprint density at radius 3 is 2.37 bits per heavy atom. The van der Waals surface area contributed by atoms with Gasteiger partial charge in [0.05, 0.1) is 27.0 Å². The molecular weight excluding hydrogens is 419 g/mol. The lowest BCUT2D eigenvalue weighted by atomic mass is 10.2. The number of sulfonamides is 1. The van der Waals surface area contributed by atoms with Crippen LogP contribution in [-0.4, -0.2) is 25.9 Å². The molecular formula is C16H14Cl2N2O6S. The highest BCUT2D eigenvalue weighted by Crippen LogP contribution is 2.28. The van der Waals surface area contributed by atoms with Gasteiger partial charge in [-0.15, -0.1) is 0 Å². The van der Waals surface area contributed by atoms with Crippen LogP contribution in [0.5, 0.6) is 0 Å². The number of rotatable bonds is 8. The fourth-order valence-corrected chi connectivity index (χ4v) is 4.31. The van der Waals surface area contributed by atoms with E-state index in [1.54, 1.807) is 6.07 Å². The summed E-state index contributed by atoms with van der Waals surface area (Å²) in [5, 5.41) is 10.8. The Morgan fingerprint density at radius 1 is 1.11 bits per heavy atom. The number of carbonyl (C=O) groups is 1. The number of hydrogen-bond acceptors (Lipinski definition) is 6. The maximum Gasteiger partial charge on any atom is 0.307 e. The molecule has 11 heteroatoms. The zero-order chi connectivity index (χ0) is 20.0. The molecule has 0 saturated carbocycles. The lowest BCUT2D eigenvalue weighted by Gasteiger charge is -2.10. The summed E-state index contributed by atoms with van der Waals surface area (Å²) in [6.45, 7) is -0.543. The predicted molar refractivity (Wildman–Crippen MR) is 99.2 cm³/mol. The first kappa shape index (κ1) is 21.1. The fourth-order valence-electron chi connectivity index (χ4n) is 2.14. The van der Waals surface area contributed by atoms with Crippen molar-refractivity contribution in [3.63, 3.8) is 0 Å². The third-order valence-electron chi connectivity index (χ3n) is 3.39. The summed E-state index contributed by atoms with van der Waals surface area (Å²) in [7, 11) is -4.01. The molecule has 0 saturated heterocycles. The molecule has 0 aromatic heterocycles. The molecule has 0 atom stereocenters. The maximum atomic E-state index is 12.2. The van der Waals surface area contributed by atoms with E-state index in [2.05, 4.69) is 4.72 Å². The minimum absolute atomic E-state index is 0.0473. The summed E-state index contributed by atoms with van der Waals surface area (Å²) in [4.78, 5) is 21.8. The molecule has 0 aliphatic heterocycles. The van der Waals surface area contributed by atoms with Crippen molar-refractivity contribution in [3.05, 3.63) is 68.2 Å². The van der Waals surface area contributed by atoms with Crippen LogP contribution < -0.4 is 4.72 Å². The molecule has 2 rings (SSSR count). The van der Waals surface area contributed by atoms with Crippen LogP contribution in [0.1, 0.15) is 12.0 Å². The Bertz CT molecular complexity index is 945. The van der Waals surface area contributed by atoms with Crippen molar-refractivity contribution in [1.29, 1.82) is 0 Å². The quantitative estimate of drug-likeness (QED) is 0.388. The van der Waals surface area contributed by atoms with Gasteiger partial charge in [0, 0.05) is 12.6 Å². The van der Waals surface area contributed by atoms with Crippen molar-refractivity contribution in [1.82, 2.24) is 4.72 Å². The minimum atomic E-state index is -4.01. The highest BCUT2D eigenvalue weighted by Gasteiger charge is 2.21. The molecule has 0 spiro atoms. The highest BCUT2D eigenvalue weighted by molar-refractivity contribution is 7.89. The van der Waals surface area contributed by atoms with Crippen LogP contribution in [0.2, 0.25) is 10.0 Å². The number of nitro benzene ring substituents is 1. The van der Waals surface area contributed by atoms with Gasteiger partial charge in [-0.3, -0.25) is 14.9 Å². The molecule has 2 aromatic carbocycles. The SMILES string of the molecule is O=C(CCNS(=O)(=O)c1c(Cl)cccc1Cl)OCc1ccccc1[N+](=O)[O-]. The number of benzene rings is 2. The van der Waals surface area contributed by atoms with Gasteiger partial charge in [0.15, 0.2) is 0 Å². The number of hydrogen-bond donors (Lipinski definition) is 1. The molecule has 0 amide bonds. The molecule has 0 unspecified atom stereocenters. The highest BCUT2D eigenvalue weighted by atomic mass is 35.5. The Labute approximate surface area is 165 Å². The molecule has 27 heavy (non-hydrogen) atoms. The second-order valence-electron chi connectivity index (χ2n) is 5.25. The Hall–Kier alpha value is -2.20. The summed E-state index contributed by atoms with van der Waals surface area (Å²) in [5.74, 6) is -0.721. The van der Waals surface area contributed by atoms with E-state index in [0.29, 0.717) is 0 Å². The van der Waals surface area contributed by atoms with Crippen LogP contribution in [0.3, 0.4) is 0 Å². The standard InChI is InChI=1S/C16H14Cl2N2O6S/c17-12-5-3-6-13(18)16(12)27(24,25)19-9-8-15(21)26-10-11-4-1-2-7-14(11)20(22)23/h1-7,19H,8-10H2. The van der Waals surface area contributed by atoms with Gasteiger partial charge in [-0.25, -0.2) is 13.1 Å². The van der Waals surface area contributed by atoms with E-state index in [9.17, 15) is 23.3 Å². The molecule has 0 radical (unpaired) electrons. The monoisotopic (exact) mass is 432 g/mol. The first-order valence-electron chi connectivity index (χ1n) is 7.54. The van der Waals surface area contributed by atoms with Crippen LogP contribution in [0.25, 0.3) is 0 Å². The number of nitrogens with one attached hydrogen (secondary N) is 1. The van der Waals surface area contributed by atoms with Gasteiger partial charge < -0.3 is 4.74 Å². The maximum absolute atomic E-state index is 12.2. The number of halogens is 2. The summed E-state index contributed by atoms with van der Waals surface area (Å²) in [5.41, 5.74) is 0.0682. The molecule has 1 N–H and O–H groups in total. The van der Waals surface area contributed by atoms with Crippen molar-refractivity contribution in [2.45, 2.75) is 17.9 Å². The van der Waals surface area contributed by atoms with Crippen molar-refractivity contribution in [3.8, 4) is 0 Å². The molecule has 0 heterocycles. The van der Waals surface area contributed by atoms with E-state index < -0.39 is 20.9 Å². The minimum Gasteiger partial charge on any atom is -0.460 e. The van der Waals surface area contributed by atoms with E-state index in [1.807, 2.05) is 0 Å². The summed E-state index contributed by atoms with van der Waals surface area (Å²) < 4.78 is 31.7. The first-order chi connectivity index (χ1) is 12.7. The van der Waals surface area contributed by atoms with Crippen LogP contribution in [-0.2, 0) is 26.2 Å². The topological polar surface area (TPSA) is 116 Å². The van der Waals surface area contributed by atoms with Crippen molar-refractivity contribution in [2.75, 3.05) is 6.54 Å². The number of carbonyl (C=O) groups excluding carboxylic acids is 1. The number of ether oxygens (including phenoxy) is 1. The van der Waals surface area contributed by atoms with Crippen molar-refractivity contribution < 1.29 is 22.9 Å². The Balaban J connectivity index is 1.91. The number of nitro groups is 1. The van der Waals surface area contributed by atoms with Crippen LogP contribution in [0.4, 0.5) is 5.69 Å². The van der Waals surface area contributed by atoms with Gasteiger partial charge in [-0.05, 0) is 18.2 Å². The number of nitrogens with zero attached hydrogens (tertiary/aromatic N) is 1. The second kappa shape index (κ2) is 9.14. The van der Waals surface area contributed by atoms with Crippen LogP contribution >= 0.6 is 23.2 Å². The van der Waals surface area contributed by atoms with Gasteiger partial charge >= 0.3 is 5.97 Å². The lowest BCUT2D eigenvalue weighted by molar-refractivity contribution is -0.385. The summed E-state index contributed by atoms with van der Waals surface area (Å²) in [6.07, 6.45) is -0.276. The van der Waals surface area contributed by atoms with Crippen LogP contribution in [0.15, 0.2) is 47.4 Å². The van der Waals surface area contributed by atoms with Gasteiger partial charge in [-0.2, -0.15) is 0 Å². The van der Waals surface area contributed by atoms with E-state index in [4.69, 9.17) is 27.9 Å². The molecule has 0 bridgehead atoms. The number of para-hydroxylation sites is 1. The van der Waals surface area contributed by atoms with Crippen LogP contribution in [0, 0.1) is 10.1 Å². The molecule has 8 nitrogen and oxygen atoms in total. The van der Waals surface area contributed by atoms with E-state index in [-0.39, 0.29) is 45.8 Å². The zero-order valence-electron chi connectivity index (χ0n) is 13.7. The molecule has 0 aliphatic rings. The smallest absolute Gasteiger partial charge is 0.307 e.